The SMILES string of the molecule is CC(C)(C)C(=O)Cn1c(C(F)(F)F)cccc1=O. The van der Waals surface area contributed by atoms with E-state index in [1.54, 1.807) is 20.8 Å². The number of hydrogen-bond donors (Lipinski definition) is 0. The second-order valence-corrected chi connectivity index (χ2v) is 5.01. The second-order valence-electron chi connectivity index (χ2n) is 5.01. The number of hydrogen-bond acceptors (Lipinski definition) is 2. The largest absolute Gasteiger partial charge is 0.431 e. The van der Waals surface area contributed by atoms with E-state index in [2.05, 4.69) is 0 Å². The first-order chi connectivity index (χ1) is 8.03. The van der Waals surface area contributed by atoms with E-state index >= 15 is 0 Å². The van der Waals surface area contributed by atoms with E-state index in [4.69, 9.17) is 0 Å². The summed E-state index contributed by atoms with van der Waals surface area (Å²) in [5, 5.41) is 0. The maximum absolute atomic E-state index is 12.7. The summed E-state index contributed by atoms with van der Waals surface area (Å²) in [5.74, 6) is -0.429. The average Bonchev–Trinajstić information content (AvgIpc) is 2.17. The van der Waals surface area contributed by atoms with Gasteiger partial charge in [0.15, 0.2) is 5.78 Å². The monoisotopic (exact) mass is 261 g/mol. The maximum atomic E-state index is 12.7. The van der Waals surface area contributed by atoms with Crippen molar-refractivity contribution in [2.75, 3.05) is 0 Å². The lowest BCUT2D eigenvalue weighted by Crippen LogP contribution is -2.34. The predicted molar refractivity (Wildman–Crippen MR) is 60.2 cm³/mol. The van der Waals surface area contributed by atoms with Crippen LogP contribution in [0.1, 0.15) is 26.5 Å². The zero-order chi connectivity index (χ0) is 14.1. The van der Waals surface area contributed by atoms with Crippen molar-refractivity contribution in [2.45, 2.75) is 33.5 Å². The molecular weight excluding hydrogens is 247 g/mol. The topological polar surface area (TPSA) is 39.1 Å². The Morgan fingerprint density at radius 2 is 1.78 bits per heavy atom. The molecule has 1 aromatic rings. The number of halogens is 3. The molecule has 100 valence electrons. The molecule has 18 heavy (non-hydrogen) atoms. The average molecular weight is 261 g/mol. The summed E-state index contributed by atoms with van der Waals surface area (Å²) in [5.41, 5.74) is -2.73. The van der Waals surface area contributed by atoms with Gasteiger partial charge in [0.2, 0.25) is 0 Å². The van der Waals surface area contributed by atoms with E-state index in [-0.39, 0.29) is 0 Å². The highest BCUT2D eigenvalue weighted by Gasteiger charge is 2.35. The fourth-order valence-electron chi connectivity index (χ4n) is 1.31. The molecule has 1 rings (SSSR count). The second kappa shape index (κ2) is 4.59. The van der Waals surface area contributed by atoms with Crippen LogP contribution in [-0.4, -0.2) is 10.4 Å². The normalized spacial score (nSPS) is 12.6. The Morgan fingerprint density at radius 3 is 2.22 bits per heavy atom. The van der Waals surface area contributed by atoms with Crippen LogP contribution in [0, 0.1) is 5.41 Å². The predicted octanol–water partition coefficient (Wildman–Crippen LogP) is 2.48. The molecule has 3 nitrogen and oxygen atoms in total. The molecule has 0 saturated heterocycles. The van der Waals surface area contributed by atoms with Gasteiger partial charge in [-0.3, -0.25) is 14.2 Å². The van der Waals surface area contributed by atoms with Crippen molar-refractivity contribution in [3.8, 4) is 0 Å². The summed E-state index contributed by atoms with van der Waals surface area (Å²) in [6.45, 7) is 4.21. The van der Waals surface area contributed by atoms with Crippen LogP contribution in [0.15, 0.2) is 23.0 Å². The van der Waals surface area contributed by atoms with Crippen LogP contribution < -0.4 is 5.56 Å². The first-order valence-corrected chi connectivity index (χ1v) is 5.34. The molecule has 0 amide bonds. The molecule has 0 fully saturated rings. The van der Waals surface area contributed by atoms with E-state index in [1.165, 1.54) is 0 Å². The number of alkyl halides is 3. The van der Waals surface area contributed by atoms with E-state index in [9.17, 15) is 22.8 Å². The Kier molecular flexibility index (Phi) is 3.69. The molecule has 0 aliphatic rings. The number of rotatable bonds is 2. The van der Waals surface area contributed by atoms with E-state index < -0.39 is 35.2 Å². The Balaban J connectivity index is 3.25. The Hall–Kier alpha value is -1.59. The third kappa shape index (κ3) is 3.21. The summed E-state index contributed by atoms with van der Waals surface area (Å²) in [7, 11) is 0. The van der Waals surface area contributed by atoms with Gasteiger partial charge in [0.1, 0.15) is 5.69 Å². The first kappa shape index (κ1) is 14.5. The zero-order valence-electron chi connectivity index (χ0n) is 10.3. The fourth-order valence-corrected chi connectivity index (χ4v) is 1.31. The molecule has 0 atom stereocenters. The lowest BCUT2D eigenvalue weighted by molar-refractivity contribution is -0.145. The van der Waals surface area contributed by atoms with Gasteiger partial charge in [-0.1, -0.05) is 26.8 Å². The smallest absolute Gasteiger partial charge is 0.297 e. The molecule has 0 spiro atoms. The molecule has 6 heteroatoms. The van der Waals surface area contributed by atoms with Gasteiger partial charge in [-0.2, -0.15) is 13.2 Å². The van der Waals surface area contributed by atoms with E-state index in [1.807, 2.05) is 0 Å². The van der Waals surface area contributed by atoms with E-state index in [0.717, 1.165) is 18.2 Å². The minimum absolute atomic E-state index is 0.429. The first-order valence-electron chi connectivity index (χ1n) is 5.34. The third-order valence-corrected chi connectivity index (χ3v) is 2.48. The minimum atomic E-state index is -4.65. The number of nitrogens with zero attached hydrogens (tertiary/aromatic N) is 1. The van der Waals surface area contributed by atoms with Crippen molar-refractivity contribution in [1.29, 1.82) is 0 Å². The van der Waals surface area contributed by atoms with E-state index in [0.29, 0.717) is 4.57 Å². The standard InChI is InChI=1S/C12H14F3NO2/c1-11(2,3)9(17)7-16-8(12(13,14)15)5-4-6-10(16)18/h4-6H,7H2,1-3H3. The Morgan fingerprint density at radius 1 is 1.22 bits per heavy atom. The van der Waals surface area contributed by atoms with Crippen LogP contribution in [0.5, 0.6) is 0 Å². The van der Waals surface area contributed by atoms with Crippen LogP contribution in [0.4, 0.5) is 13.2 Å². The lowest BCUT2D eigenvalue weighted by Gasteiger charge is -2.20. The third-order valence-electron chi connectivity index (χ3n) is 2.48. The zero-order valence-corrected chi connectivity index (χ0v) is 10.3. The summed E-state index contributed by atoms with van der Waals surface area (Å²) in [4.78, 5) is 23.2. The van der Waals surface area contributed by atoms with Crippen LogP contribution >= 0.6 is 0 Å². The number of carbonyl (C=O) groups is 1. The van der Waals surface area contributed by atoms with Crippen molar-refractivity contribution in [3.63, 3.8) is 0 Å². The molecule has 0 aliphatic heterocycles. The molecule has 0 bridgehead atoms. The van der Waals surface area contributed by atoms with Crippen molar-refractivity contribution < 1.29 is 18.0 Å². The van der Waals surface area contributed by atoms with Crippen LogP contribution in [0.2, 0.25) is 0 Å². The van der Waals surface area contributed by atoms with Gasteiger partial charge in [0.25, 0.3) is 5.56 Å². The minimum Gasteiger partial charge on any atom is -0.297 e. The fraction of sp³-hybridized carbons (Fsp3) is 0.500. The molecule has 0 saturated carbocycles. The highest BCUT2D eigenvalue weighted by Crippen LogP contribution is 2.28. The van der Waals surface area contributed by atoms with Crippen molar-refractivity contribution in [2.24, 2.45) is 5.41 Å². The summed E-state index contributed by atoms with van der Waals surface area (Å²) < 4.78 is 38.6. The van der Waals surface area contributed by atoms with Crippen molar-refractivity contribution in [3.05, 3.63) is 34.2 Å². The highest BCUT2D eigenvalue weighted by atomic mass is 19.4. The van der Waals surface area contributed by atoms with Gasteiger partial charge < -0.3 is 0 Å². The molecule has 0 aromatic carbocycles. The molecule has 0 N–H and O–H groups in total. The number of Topliss-reactive ketones (excluding diaryl/α,β-unsaturated/α-hetero) is 1. The number of pyridine rings is 1. The lowest BCUT2D eigenvalue weighted by atomic mass is 9.91. The van der Waals surface area contributed by atoms with Gasteiger partial charge >= 0.3 is 6.18 Å². The highest BCUT2D eigenvalue weighted by molar-refractivity contribution is 5.83. The summed E-state index contributed by atoms with van der Waals surface area (Å²) >= 11 is 0. The van der Waals surface area contributed by atoms with Gasteiger partial charge in [0, 0.05) is 11.5 Å². The quantitative estimate of drug-likeness (QED) is 0.820. The van der Waals surface area contributed by atoms with Crippen LogP contribution in [-0.2, 0) is 17.5 Å². The summed E-state index contributed by atoms with van der Waals surface area (Å²) in [6.07, 6.45) is -4.65. The number of carbonyl (C=O) groups excluding carboxylic acids is 1. The molecule has 1 aromatic heterocycles. The molecule has 0 radical (unpaired) electrons. The molecule has 0 unspecified atom stereocenters. The van der Waals surface area contributed by atoms with Crippen LogP contribution in [0.3, 0.4) is 0 Å². The Labute approximate surface area is 102 Å². The number of aromatic nitrogens is 1. The van der Waals surface area contributed by atoms with Gasteiger partial charge in [-0.15, -0.1) is 0 Å². The van der Waals surface area contributed by atoms with Gasteiger partial charge in [-0.25, -0.2) is 0 Å². The van der Waals surface area contributed by atoms with Crippen molar-refractivity contribution in [1.82, 2.24) is 4.57 Å². The molecular formula is C12H14F3NO2. The van der Waals surface area contributed by atoms with Crippen molar-refractivity contribution >= 4 is 5.78 Å². The Bertz CT molecular complexity index is 509. The van der Waals surface area contributed by atoms with Gasteiger partial charge in [-0.05, 0) is 6.07 Å². The number of ketones is 1. The van der Waals surface area contributed by atoms with Crippen LogP contribution in [0.25, 0.3) is 0 Å². The summed E-state index contributed by atoms with van der Waals surface area (Å²) in [6, 6.07) is 2.83. The molecule has 0 aliphatic carbocycles. The van der Waals surface area contributed by atoms with Gasteiger partial charge in [0.05, 0.1) is 6.54 Å². The maximum Gasteiger partial charge on any atom is 0.431 e. The molecule has 1 heterocycles.